The van der Waals surface area contributed by atoms with Gasteiger partial charge in [-0.2, -0.15) is 0 Å². The normalized spacial score (nSPS) is 16.6. The molecule has 0 bridgehead atoms. The molecule has 0 radical (unpaired) electrons. The molecule has 1 atom stereocenters. The number of ether oxygens (including phenoxy) is 1. The number of hydrogen-bond donors (Lipinski definition) is 1. The van der Waals surface area contributed by atoms with E-state index in [1.807, 2.05) is 115 Å². The zero-order chi connectivity index (χ0) is 25.8. The van der Waals surface area contributed by atoms with Crippen LogP contribution in [0.4, 0.5) is 0 Å². The van der Waals surface area contributed by atoms with E-state index in [4.69, 9.17) is 4.74 Å². The smallest absolute Gasteiger partial charge is 0.324 e. The molecule has 0 amide bonds. The summed E-state index contributed by atoms with van der Waals surface area (Å²) in [5.74, 6) is -0.259. The fraction of sp³-hybridized carbons (Fsp3) is 0.114. The van der Waals surface area contributed by atoms with E-state index in [2.05, 4.69) is 41.7 Å². The number of esters is 1. The fourth-order valence-corrected chi connectivity index (χ4v) is 5.78. The van der Waals surface area contributed by atoms with Gasteiger partial charge in [0.15, 0.2) is 5.60 Å². The second-order valence-electron chi connectivity index (χ2n) is 9.73. The molecule has 1 aliphatic rings. The number of benzene rings is 5. The molecule has 0 spiro atoms. The van der Waals surface area contributed by atoms with Crippen LogP contribution in [0.2, 0.25) is 0 Å². The average Bonchev–Trinajstić information content (AvgIpc) is 3.34. The van der Waals surface area contributed by atoms with Gasteiger partial charge in [-0.3, -0.25) is 10.1 Å². The minimum Gasteiger partial charge on any atom is -0.448 e. The summed E-state index contributed by atoms with van der Waals surface area (Å²) in [6.45, 7) is 0. The molecule has 0 aliphatic carbocycles. The van der Waals surface area contributed by atoms with Crippen molar-refractivity contribution < 1.29 is 9.53 Å². The highest BCUT2D eigenvalue weighted by atomic mass is 16.6. The van der Waals surface area contributed by atoms with Gasteiger partial charge >= 0.3 is 5.97 Å². The van der Waals surface area contributed by atoms with Crippen LogP contribution in [0, 0.1) is 0 Å². The number of hydrogen-bond acceptors (Lipinski definition) is 3. The third kappa shape index (κ3) is 4.11. The standard InChI is InChI=1S/C35H29NO2/c37-33-32(26-34(38-33,27-16-6-1-7-17-27)28-18-8-2-9-19-28)36-35(29-20-10-3-11-21-29,30-22-12-4-13-23-30)31-24-14-5-15-25-31/h1-25,32,36H,26H2. The van der Waals surface area contributed by atoms with E-state index in [9.17, 15) is 4.79 Å². The maximum atomic E-state index is 13.8. The average molecular weight is 496 g/mol. The van der Waals surface area contributed by atoms with Crippen molar-refractivity contribution >= 4 is 5.97 Å². The largest absolute Gasteiger partial charge is 0.448 e. The number of cyclic esters (lactones) is 1. The Labute approximate surface area is 223 Å². The van der Waals surface area contributed by atoms with Crippen molar-refractivity contribution in [1.82, 2.24) is 5.32 Å². The molecule has 1 fully saturated rings. The Balaban J connectivity index is 1.52. The first-order valence-corrected chi connectivity index (χ1v) is 13.0. The van der Waals surface area contributed by atoms with Gasteiger partial charge < -0.3 is 4.74 Å². The van der Waals surface area contributed by atoms with Gasteiger partial charge in [-0.25, -0.2) is 0 Å². The summed E-state index contributed by atoms with van der Waals surface area (Å²) in [5, 5.41) is 3.85. The van der Waals surface area contributed by atoms with Gasteiger partial charge in [0, 0.05) is 17.5 Å². The molecule has 5 aromatic rings. The molecular formula is C35H29NO2. The van der Waals surface area contributed by atoms with Crippen LogP contribution in [-0.2, 0) is 20.7 Å². The molecule has 0 aromatic heterocycles. The van der Waals surface area contributed by atoms with Crippen molar-refractivity contribution in [1.29, 1.82) is 0 Å². The summed E-state index contributed by atoms with van der Waals surface area (Å²) in [7, 11) is 0. The van der Waals surface area contributed by atoms with Crippen LogP contribution in [0.1, 0.15) is 34.2 Å². The van der Waals surface area contributed by atoms with Crippen LogP contribution in [0.3, 0.4) is 0 Å². The van der Waals surface area contributed by atoms with Crippen molar-refractivity contribution in [2.45, 2.75) is 23.6 Å². The van der Waals surface area contributed by atoms with Crippen LogP contribution >= 0.6 is 0 Å². The first kappa shape index (κ1) is 23.9. The summed E-state index contributed by atoms with van der Waals surface area (Å²) in [4.78, 5) is 13.8. The first-order valence-electron chi connectivity index (χ1n) is 13.0. The number of carbonyl (C=O) groups is 1. The molecule has 3 heteroatoms. The first-order chi connectivity index (χ1) is 18.7. The topological polar surface area (TPSA) is 38.3 Å². The molecule has 5 aromatic carbocycles. The molecular weight excluding hydrogens is 466 g/mol. The zero-order valence-electron chi connectivity index (χ0n) is 21.0. The molecule has 1 N–H and O–H groups in total. The van der Waals surface area contributed by atoms with Gasteiger partial charge in [0.1, 0.15) is 6.04 Å². The Morgan fingerprint density at radius 1 is 0.553 bits per heavy atom. The van der Waals surface area contributed by atoms with Gasteiger partial charge in [0.2, 0.25) is 0 Å². The van der Waals surface area contributed by atoms with Crippen molar-refractivity contribution in [3.05, 3.63) is 179 Å². The lowest BCUT2D eigenvalue weighted by Crippen LogP contribution is -2.51. The van der Waals surface area contributed by atoms with E-state index in [-0.39, 0.29) is 5.97 Å². The quantitative estimate of drug-likeness (QED) is 0.199. The molecule has 6 rings (SSSR count). The van der Waals surface area contributed by atoms with Crippen LogP contribution in [0.15, 0.2) is 152 Å². The SMILES string of the molecule is O=C1OC(c2ccccc2)(c2ccccc2)CC1NC(c1ccccc1)(c1ccccc1)c1ccccc1. The van der Waals surface area contributed by atoms with E-state index in [1.54, 1.807) is 0 Å². The molecule has 1 saturated heterocycles. The Kier molecular flexibility index (Phi) is 6.36. The van der Waals surface area contributed by atoms with E-state index < -0.39 is 17.2 Å². The second-order valence-corrected chi connectivity index (χ2v) is 9.73. The summed E-state index contributed by atoms with van der Waals surface area (Å²) in [6, 6.07) is 50.6. The van der Waals surface area contributed by atoms with Crippen LogP contribution in [0.25, 0.3) is 0 Å². The Morgan fingerprint density at radius 2 is 0.895 bits per heavy atom. The Morgan fingerprint density at radius 3 is 1.26 bits per heavy atom. The molecule has 3 nitrogen and oxygen atoms in total. The van der Waals surface area contributed by atoms with Crippen molar-refractivity contribution in [3.8, 4) is 0 Å². The third-order valence-corrected chi connectivity index (χ3v) is 7.54. The highest BCUT2D eigenvalue weighted by molar-refractivity contribution is 5.80. The predicted octanol–water partition coefficient (Wildman–Crippen LogP) is 6.83. The van der Waals surface area contributed by atoms with Crippen molar-refractivity contribution in [2.75, 3.05) is 0 Å². The predicted molar refractivity (Wildman–Crippen MR) is 151 cm³/mol. The highest BCUT2D eigenvalue weighted by Crippen LogP contribution is 2.45. The summed E-state index contributed by atoms with van der Waals surface area (Å²) in [6.07, 6.45) is 0.466. The Hall–Kier alpha value is -4.47. The lowest BCUT2D eigenvalue weighted by molar-refractivity contribution is -0.147. The minimum absolute atomic E-state index is 0.259. The number of nitrogens with one attached hydrogen (secondary N) is 1. The van der Waals surface area contributed by atoms with Crippen LogP contribution < -0.4 is 5.32 Å². The highest BCUT2D eigenvalue weighted by Gasteiger charge is 2.52. The summed E-state index contributed by atoms with van der Waals surface area (Å²) >= 11 is 0. The molecule has 1 aliphatic heterocycles. The Bertz CT molecular complexity index is 1350. The lowest BCUT2D eigenvalue weighted by atomic mass is 9.75. The van der Waals surface area contributed by atoms with Gasteiger partial charge in [-0.05, 0) is 16.7 Å². The van der Waals surface area contributed by atoms with E-state index in [1.165, 1.54) is 0 Å². The van der Waals surface area contributed by atoms with Crippen LogP contribution in [0.5, 0.6) is 0 Å². The van der Waals surface area contributed by atoms with Crippen LogP contribution in [-0.4, -0.2) is 12.0 Å². The number of rotatable bonds is 7. The maximum Gasteiger partial charge on any atom is 0.324 e. The third-order valence-electron chi connectivity index (χ3n) is 7.54. The zero-order valence-corrected chi connectivity index (χ0v) is 21.0. The van der Waals surface area contributed by atoms with E-state index in [0.29, 0.717) is 6.42 Å². The van der Waals surface area contributed by atoms with E-state index >= 15 is 0 Å². The number of carbonyl (C=O) groups excluding carboxylic acids is 1. The second kappa shape index (κ2) is 10.1. The minimum atomic E-state index is -0.882. The lowest BCUT2D eigenvalue weighted by Gasteiger charge is -2.38. The molecule has 1 heterocycles. The summed E-state index contributed by atoms with van der Waals surface area (Å²) < 4.78 is 6.39. The van der Waals surface area contributed by atoms with Gasteiger partial charge in [-0.15, -0.1) is 0 Å². The van der Waals surface area contributed by atoms with Gasteiger partial charge in [0.05, 0.1) is 5.54 Å². The van der Waals surface area contributed by atoms with E-state index in [0.717, 1.165) is 27.8 Å². The summed E-state index contributed by atoms with van der Waals surface area (Å²) in [5.41, 5.74) is 3.46. The molecule has 0 saturated carbocycles. The molecule has 38 heavy (non-hydrogen) atoms. The molecule has 186 valence electrons. The van der Waals surface area contributed by atoms with Gasteiger partial charge in [-0.1, -0.05) is 152 Å². The molecule has 1 unspecified atom stereocenters. The van der Waals surface area contributed by atoms with Crippen molar-refractivity contribution in [2.24, 2.45) is 0 Å². The van der Waals surface area contributed by atoms with Gasteiger partial charge in [0.25, 0.3) is 0 Å². The monoisotopic (exact) mass is 495 g/mol. The van der Waals surface area contributed by atoms with Crippen molar-refractivity contribution in [3.63, 3.8) is 0 Å². The fourth-order valence-electron chi connectivity index (χ4n) is 5.78. The maximum absolute atomic E-state index is 13.8.